The third kappa shape index (κ3) is 4.15. The summed E-state index contributed by atoms with van der Waals surface area (Å²) in [5, 5.41) is 20.8. The first-order chi connectivity index (χ1) is 8.98. The molecule has 2 N–H and O–H groups in total. The van der Waals surface area contributed by atoms with Gasteiger partial charge < -0.3 is 19.7 Å². The fraction of sp³-hybridized carbons (Fsp3) is 0.833. The average molecular weight is 269 g/mol. The summed E-state index contributed by atoms with van der Waals surface area (Å²) in [4.78, 5) is 4.34. The van der Waals surface area contributed by atoms with Crippen molar-refractivity contribution in [2.75, 3.05) is 44.7 Å². The zero-order valence-electron chi connectivity index (χ0n) is 11.9. The monoisotopic (exact) mass is 269 g/mol. The molecule has 0 saturated carbocycles. The lowest BCUT2D eigenvalue weighted by molar-refractivity contribution is 0.0342. The van der Waals surface area contributed by atoms with Crippen molar-refractivity contribution in [2.45, 2.75) is 26.0 Å². The highest BCUT2D eigenvalue weighted by Gasteiger charge is 2.24. The summed E-state index contributed by atoms with van der Waals surface area (Å²) in [6.07, 6.45) is 0. The van der Waals surface area contributed by atoms with Gasteiger partial charge in [0.05, 0.1) is 12.1 Å². The molecule has 0 atom stereocenters. The fourth-order valence-electron chi connectivity index (χ4n) is 2.24. The Morgan fingerprint density at radius 3 is 2.53 bits per heavy atom. The van der Waals surface area contributed by atoms with Crippen LogP contribution >= 0.6 is 0 Å². The Hall–Kier alpha value is -1.18. The standard InChI is InChI=1S/C12H23N5O2/c1-12(2,18)9-16-4-6-17(7-5-16)11-15-14-10(19-11)8-13-3/h13,18H,4-9H2,1-3H3. The number of hydrogen-bond acceptors (Lipinski definition) is 7. The van der Waals surface area contributed by atoms with Gasteiger partial charge in [-0.25, -0.2) is 0 Å². The predicted octanol–water partition coefficient (Wildman–Crippen LogP) is -0.318. The maximum atomic E-state index is 9.81. The largest absolute Gasteiger partial charge is 0.407 e. The van der Waals surface area contributed by atoms with E-state index in [0.717, 1.165) is 26.2 Å². The van der Waals surface area contributed by atoms with Gasteiger partial charge in [-0.15, -0.1) is 5.10 Å². The minimum Gasteiger partial charge on any atom is -0.407 e. The molecule has 0 radical (unpaired) electrons. The van der Waals surface area contributed by atoms with Crippen LogP contribution in [0.2, 0.25) is 0 Å². The summed E-state index contributed by atoms with van der Waals surface area (Å²) in [5.74, 6) is 0.608. The Kier molecular flexibility index (Phi) is 4.38. The van der Waals surface area contributed by atoms with Gasteiger partial charge in [-0.05, 0) is 20.9 Å². The average Bonchev–Trinajstić information content (AvgIpc) is 2.77. The molecule has 0 aromatic carbocycles. The molecule has 2 rings (SSSR count). The summed E-state index contributed by atoms with van der Waals surface area (Å²) >= 11 is 0. The molecule has 1 aromatic rings. The van der Waals surface area contributed by atoms with Crippen LogP contribution in [0.5, 0.6) is 0 Å². The molecule has 2 heterocycles. The first-order valence-corrected chi connectivity index (χ1v) is 6.64. The van der Waals surface area contributed by atoms with Gasteiger partial charge in [0.25, 0.3) is 0 Å². The predicted molar refractivity (Wildman–Crippen MR) is 72.0 cm³/mol. The lowest BCUT2D eigenvalue weighted by Crippen LogP contribution is -2.50. The van der Waals surface area contributed by atoms with Crippen LogP contribution in [0, 0.1) is 0 Å². The van der Waals surface area contributed by atoms with E-state index in [1.54, 1.807) is 0 Å². The molecule has 0 spiro atoms. The smallest absolute Gasteiger partial charge is 0.318 e. The van der Waals surface area contributed by atoms with E-state index in [9.17, 15) is 5.11 Å². The first kappa shape index (κ1) is 14.2. The van der Waals surface area contributed by atoms with Crippen LogP contribution in [0.25, 0.3) is 0 Å². The van der Waals surface area contributed by atoms with E-state index in [4.69, 9.17) is 4.42 Å². The van der Waals surface area contributed by atoms with Crippen molar-refractivity contribution < 1.29 is 9.52 Å². The van der Waals surface area contributed by atoms with Crippen LogP contribution in [0.4, 0.5) is 6.01 Å². The summed E-state index contributed by atoms with van der Waals surface area (Å²) in [7, 11) is 1.85. The highest BCUT2D eigenvalue weighted by molar-refractivity contribution is 5.25. The van der Waals surface area contributed by atoms with Crippen molar-refractivity contribution in [3.63, 3.8) is 0 Å². The Bertz CT molecular complexity index is 393. The number of aromatic nitrogens is 2. The zero-order valence-corrected chi connectivity index (χ0v) is 11.9. The minimum absolute atomic E-state index is 0.589. The lowest BCUT2D eigenvalue weighted by atomic mass is 10.1. The number of nitrogens with one attached hydrogen (secondary N) is 1. The molecule has 0 aliphatic carbocycles. The molecule has 19 heavy (non-hydrogen) atoms. The molecular formula is C12H23N5O2. The van der Waals surface area contributed by atoms with Crippen LogP contribution in [-0.4, -0.2) is 65.6 Å². The number of nitrogens with zero attached hydrogens (tertiary/aromatic N) is 4. The van der Waals surface area contributed by atoms with Crippen molar-refractivity contribution >= 4 is 6.01 Å². The van der Waals surface area contributed by atoms with E-state index in [2.05, 4.69) is 25.3 Å². The van der Waals surface area contributed by atoms with Crippen molar-refractivity contribution in [1.29, 1.82) is 0 Å². The summed E-state index contributed by atoms with van der Waals surface area (Å²) in [5.41, 5.74) is -0.646. The molecule has 1 saturated heterocycles. The molecule has 108 valence electrons. The Morgan fingerprint density at radius 1 is 1.26 bits per heavy atom. The fourth-order valence-corrected chi connectivity index (χ4v) is 2.24. The summed E-state index contributed by atoms with van der Waals surface area (Å²) in [6.45, 7) is 8.43. The quantitative estimate of drug-likeness (QED) is 0.758. The minimum atomic E-state index is -0.646. The normalized spacial score (nSPS) is 18.0. The molecule has 7 heteroatoms. The van der Waals surface area contributed by atoms with E-state index in [0.29, 0.717) is 25.0 Å². The van der Waals surface area contributed by atoms with Crippen molar-refractivity contribution in [1.82, 2.24) is 20.4 Å². The zero-order chi connectivity index (χ0) is 13.9. The summed E-state index contributed by atoms with van der Waals surface area (Å²) in [6, 6.07) is 0.591. The van der Waals surface area contributed by atoms with Crippen LogP contribution in [0.1, 0.15) is 19.7 Å². The highest BCUT2D eigenvalue weighted by Crippen LogP contribution is 2.15. The van der Waals surface area contributed by atoms with Crippen LogP contribution in [0.3, 0.4) is 0 Å². The third-order valence-corrected chi connectivity index (χ3v) is 3.04. The van der Waals surface area contributed by atoms with Crippen molar-refractivity contribution in [3.8, 4) is 0 Å². The van der Waals surface area contributed by atoms with E-state index < -0.39 is 5.60 Å². The Labute approximate surface area is 113 Å². The van der Waals surface area contributed by atoms with Crippen LogP contribution in [-0.2, 0) is 6.54 Å². The highest BCUT2D eigenvalue weighted by atomic mass is 16.4. The molecule has 1 fully saturated rings. The van der Waals surface area contributed by atoms with E-state index in [1.165, 1.54) is 0 Å². The maximum Gasteiger partial charge on any atom is 0.318 e. The molecule has 1 aliphatic rings. The van der Waals surface area contributed by atoms with Gasteiger partial charge in [0.1, 0.15) is 0 Å². The van der Waals surface area contributed by atoms with Crippen LogP contribution in [0.15, 0.2) is 4.42 Å². The van der Waals surface area contributed by atoms with Gasteiger partial charge in [-0.2, -0.15) is 0 Å². The molecule has 0 bridgehead atoms. The lowest BCUT2D eigenvalue weighted by Gasteiger charge is -2.36. The maximum absolute atomic E-state index is 9.81. The van der Waals surface area contributed by atoms with Gasteiger partial charge in [-0.1, -0.05) is 5.10 Å². The Morgan fingerprint density at radius 2 is 1.95 bits per heavy atom. The second-order valence-corrected chi connectivity index (χ2v) is 5.58. The number of anilines is 1. The number of hydrogen-bond donors (Lipinski definition) is 2. The SMILES string of the molecule is CNCc1nnc(N2CCN(CC(C)(C)O)CC2)o1. The number of rotatable bonds is 5. The number of piperazine rings is 1. The molecule has 7 nitrogen and oxygen atoms in total. The van der Waals surface area contributed by atoms with Crippen LogP contribution < -0.4 is 10.2 Å². The van der Waals surface area contributed by atoms with E-state index >= 15 is 0 Å². The molecule has 1 aliphatic heterocycles. The second-order valence-electron chi connectivity index (χ2n) is 5.58. The second kappa shape index (κ2) is 5.85. The number of aliphatic hydroxyl groups is 1. The third-order valence-electron chi connectivity index (χ3n) is 3.04. The summed E-state index contributed by atoms with van der Waals surface area (Å²) < 4.78 is 5.57. The van der Waals surface area contributed by atoms with Gasteiger partial charge in [0.2, 0.25) is 5.89 Å². The van der Waals surface area contributed by atoms with E-state index in [-0.39, 0.29) is 0 Å². The Balaban J connectivity index is 1.85. The van der Waals surface area contributed by atoms with Gasteiger partial charge >= 0.3 is 6.01 Å². The molecule has 0 unspecified atom stereocenters. The van der Waals surface area contributed by atoms with Gasteiger partial charge in [0, 0.05) is 32.7 Å². The first-order valence-electron chi connectivity index (χ1n) is 6.64. The molecular weight excluding hydrogens is 246 g/mol. The van der Waals surface area contributed by atoms with Crippen molar-refractivity contribution in [3.05, 3.63) is 5.89 Å². The molecule has 0 amide bonds. The topological polar surface area (TPSA) is 77.7 Å². The van der Waals surface area contributed by atoms with Gasteiger partial charge in [-0.3, -0.25) is 4.90 Å². The van der Waals surface area contributed by atoms with Crippen molar-refractivity contribution in [2.24, 2.45) is 0 Å². The molecule has 1 aromatic heterocycles. The van der Waals surface area contributed by atoms with E-state index in [1.807, 2.05) is 20.9 Å². The number of β-amino-alcohol motifs (C(OH)–C–C–N with tert-alkyl or cyclic N) is 1. The van der Waals surface area contributed by atoms with Gasteiger partial charge in [0.15, 0.2) is 0 Å².